The topological polar surface area (TPSA) is 54.5 Å². The third kappa shape index (κ3) is 4.09. The van der Waals surface area contributed by atoms with E-state index in [2.05, 4.69) is 46.4 Å². The van der Waals surface area contributed by atoms with E-state index in [1.165, 1.54) is 11.3 Å². The molecule has 1 unspecified atom stereocenters. The molecule has 1 aliphatic rings. The van der Waals surface area contributed by atoms with E-state index in [0.29, 0.717) is 18.3 Å². The number of aromatic nitrogens is 1. The average Bonchev–Trinajstić information content (AvgIpc) is 3.09. The minimum atomic E-state index is -0.158. The molecule has 148 valence electrons. The van der Waals surface area contributed by atoms with Crippen LogP contribution in [0, 0.1) is 0 Å². The normalized spacial score (nSPS) is 15.1. The Morgan fingerprint density at radius 3 is 2.83 bits per heavy atom. The van der Waals surface area contributed by atoms with Gasteiger partial charge in [0.1, 0.15) is 11.4 Å². The fourth-order valence-corrected chi connectivity index (χ4v) is 3.86. The maximum absolute atomic E-state index is 12.4. The van der Waals surface area contributed by atoms with Gasteiger partial charge in [0.2, 0.25) is 0 Å². The quantitative estimate of drug-likeness (QED) is 0.691. The van der Waals surface area contributed by atoms with Crippen LogP contribution in [0.2, 0.25) is 0 Å². The molecule has 5 nitrogen and oxygen atoms in total. The van der Waals surface area contributed by atoms with Crippen molar-refractivity contribution in [2.45, 2.75) is 25.8 Å². The van der Waals surface area contributed by atoms with Crippen LogP contribution in [0.1, 0.15) is 28.5 Å². The number of pyridine rings is 1. The van der Waals surface area contributed by atoms with E-state index in [9.17, 15) is 4.79 Å². The van der Waals surface area contributed by atoms with Crippen molar-refractivity contribution in [3.8, 4) is 5.75 Å². The van der Waals surface area contributed by atoms with Crippen LogP contribution in [0.3, 0.4) is 0 Å². The average molecular weight is 387 g/mol. The fraction of sp³-hybridized carbons (Fsp3) is 0.250. The molecule has 5 heteroatoms. The van der Waals surface area contributed by atoms with E-state index in [0.717, 1.165) is 29.8 Å². The van der Waals surface area contributed by atoms with Crippen molar-refractivity contribution in [3.05, 3.63) is 83.7 Å². The van der Waals surface area contributed by atoms with Crippen molar-refractivity contribution in [1.82, 2.24) is 10.3 Å². The molecule has 4 rings (SSSR count). The first-order valence-electron chi connectivity index (χ1n) is 9.90. The van der Waals surface area contributed by atoms with Crippen LogP contribution in [0.4, 0.5) is 11.4 Å². The highest BCUT2D eigenvalue weighted by Gasteiger charge is 2.27. The summed E-state index contributed by atoms with van der Waals surface area (Å²) in [6, 6.07) is 20.4. The fourth-order valence-electron chi connectivity index (χ4n) is 3.86. The van der Waals surface area contributed by atoms with E-state index < -0.39 is 0 Å². The summed E-state index contributed by atoms with van der Waals surface area (Å²) in [4.78, 5) is 19.1. The lowest BCUT2D eigenvalue weighted by Crippen LogP contribution is -2.27. The number of fused-ring (bicyclic) bond motifs is 1. The summed E-state index contributed by atoms with van der Waals surface area (Å²) in [5.74, 6) is 0.665. The highest BCUT2D eigenvalue weighted by atomic mass is 16.5. The van der Waals surface area contributed by atoms with Crippen molar-refractivity contribution in [3.63, 3.8) is 0 Å². The van der Waals surface area contributed by atoms with E-state index in [1.807, 2.05) is 30.3 Å². The number of carbonyl (C=O) groups excluding carboxylic acids is 1. The molecule has 29 heavy (non-hydrogen) atoms. The van der Waals surface area contributed by atoms with Gasteiger partial charge in [0.25, 0.3) is 5.91 Å². The lowest BCUT2D eigenvalue weighted by molar-refractivity contribution is 0.0949. The number of nitrogens with one attached hydrogen (secondary N) is 1. The lowest BCUT2D eigenvalue weighted by Gasteiger charge is -2.24. The highest BCUT2D eigenvalue weighted by molar-refractivity contribution is 5.92. The van der Waals surface area contributed by atoms with Crippen molar-refractivity contribution < 1.29 is 9.53 Å². The van der Waals surface area contributed by atoms with Crippen LogP contribution in [-0.2, 0) is 12.8 Å². The third-order valence-corrected chi connectivity index (χ3v) is 5.30. The van der Waals surface area contributed by atoms with E-state index in [1.54, 1.807) is 19.4 Å². The number of hydrogen-bond donors (Lipinski definition) is 1. The van der Waals surface area contributed by atoms with Gasteiger partial charge in [-0.05, 0) is 61.2 Å². The van der Waals surface area contributed by atoms with Crippen LogP contribution >= 0.6 is 0 Å². The number of rotatable bonds is 6. The summed E-state index contributed by atoms with van der Waals surface area (Å²) in [5.41, 5.74) is 5.13. The van der Waals surface area contributed by atoms with Crippen LogP contribution in [0.25, 0.3) is 0 Å². The molecule has 0 aliphatic carbocycles. The smallest absolute Gasteiger partial charge is 0.269 e. The lowest BCUT2D eigenvalue weighted by atomic mass is 10.1. The van der Waals surface area contributed by atoms with E-state index >= 15 is 0 Å². The third-order valence-electron chi connectivity index (χ3n) is 5.30. The molecular weight excluding hydrogens is 362 g/mol. The molecule has 2 aromatic carbocycles. The van der Waals surface area contributed by atoms with Gasteiger partial charge in [0, 0.05) is 18.3 Å². The second-order valence-corrected chi connectivity index (χ2v) is 7.31. The molecule has 1 N–H and O–H groups in total. The van der Waals surface area contributed by atoms with Gasteiger partial charge in [-0.2, -0.15) is 0 Å². The summed E-state index contributed by atoms with van der Waals surface area (Å²) in [5, 5.41) is 2.94. The second-order valence-electron chi connectivity index (χ2n) is 7.31. The molecule has 0 radical (unpaired) electrons. The largest absolute Gasteiger partial charge is 0.497 e. The molecule has 2 heterocycles. The molecule has 0 spiro atoms. The molecule has 0 fully saturated rings. The number of nitrogens with zero attached hydrogens (tertiary/aromatic N) is 2. The Balaban J connectivity index is 1.38. The molecule has 0 bridgehead atoms. The number of hydrogen-bond acceptors (Lipinski definition) is 4. The molecule has 1 atom stereocenters. The van der Waals surface area contributed by atoms with Gasteiger partial charge in [-0.3, -0.25) is 4.79 Å². The Morgan fingerprint density at radius 2 is 2.03 bits per heavy atom. The van der Waals surface area contributed by atoms with Gasteiger partial charge in [0.15, 0.2) is 0 Å². The molecule has 1 amide bonds. The standard InChI is InChI=1S/C24H25N3O2/c1-17-14-19-7-3-4-9-23(19)27(17)20-10-11-22(26-16-20)24(28)25-13-12-18-6-5-8-21(15-18)29-2/h3-11,15-17H,12-14H2,1-2H3,(H,25,28). The summed E-state index contributed by atoms with van der Waals surface area (Å²) in [6.45, 7) is 2.76. The zero-order valence-corrected chi connectivity index (χ0v) is 16.8. The van der Waals surface area contributed by atoms with Gasteiger partial charge < -0.3 is 15.0 Å². The SMILES string of the molecule is COc1cccc(CCNC(=O)c2ccc(N3c4ccccc4CC3C)cn2)c1. The van der Waals surface area contributed by atoms with Gasteiger partial charge >= 0.3 is 0 Å². The first-order chi connectivity index (χ1) is 14.2. The Labute approximate surface area is 171 Å². The Bertz CT molecular complexity index is 1000. The number of amides is 1. The Kier molecular flexibility index (Phi) is 5.47. The second kappa shape index (κ2) is 8.35. The monoisotopic (exact) mass is 387 g/mol. The minimum Gasteiger partial charge on any atom is -0.497 e. The van der Waals surface area contributed by atoms with E-state index in [4.69, 9.17) is 4.74 Å². The van der Waals surface area contributed by atoms with Crippen molar-refractivity contribution in [2.24, 2.45) is 0 Å². The van der Waals surface area contributed by atoms with Gasteiger partial charge in [-0.1, -0.05) is 30.3 Å². The zero-order chi connectivity index (χ0) is 20.2. The number of anilines is 2. The number of carbonyl (C=O) groups is 1. The van der Waals surface area contributed by atoms with Gasteiger partial charge in [-0.15, -0.1) is 0 Å². The first-order valence-corrected chi connectivity index (χ1v) is 9.90. The number of para-hydroxylation sites is 1. The highest BCUT2D eigenvalue weighted by Crippen LogP contribution is 2.37. The first kappa shape index (κ1) is 19.0. The molecule has 0 saturated carbocycles. The Hall–Kier alpha value is -3.34. The maximum atomic E-state index is 12.4. The van der Waals surface area contributed by atoms with Gasteiger partial charge in [0.05, 0.1) is 19.0 Å². The molecule has 1 aliphatic heterocycles. The maximum Gasteiger partial charge on any atom is 0.269 e. The molecular formula is C24H25N3O2. The number of benzene rings is 2. The van der Waals surface area contributed by atoms with Crippen molar-refractivity contribution in [1.29, 1.82) is 0 Å². The summed E-state index contributed by atoms with van der Waals surface area (Å²) in [6.07, 6.45) is 3.54. The summed E-state index contributed by atoms with van der Waals surface area (Å²) in [7, 11) is 1.65. The van der Waals surface area contributed by atoms with Crippen LogP contribution in [-0.4, -0.2) is 30.6 Å². The van der Waals surface area contributed by atoms with Crippen molar-refractivity contribution in [2.75, 3.05) is 18.6 Å². The minimum absolute atomic E-state index is 0.158. The number of methoxy groups -OCH3 is 1. The zero-order valence-electron chi connectivity index (χ0n) is 16.8. The van der Waals surface area contributed by atoms with E-state index in [-0.39, 0.29) is 5.91 Å². The van der Waals surface area contributed by atoms with Crippen LogP contribution < -0.4 is 15.0 Å². The van der Waals surface area contributed by atoms with Crippen LogP contribution in [0.5, 0.6) is 5.75 Å². The predicted molar refractivity (Wildman–Crippen MR) is 115 cm³/mol. The molecule has 1 aromatic heterocycles. The van der Waals surface area contributed by atoms with Crippen molar-refractivity contribution >= 4 is 17.3 Å². The number of ether oxygens (including phenoxy) is 1. The molecule has 0 saturated heterocycles. The van der Waals surface area contributed by atoms with Crippen LogP contribution in [0.15, 0.2) is 66.9 Å². The Morgan fingerprint density at radius 1 is 1.17 bits per heavy atom. The summed E-state index contributed by atoms with van der Waals surface area (Å²) < 4.78 is 5.23. The predicted octanol–water partition coefficient (Wildman–Crippen LogP) is 4.15. The summed E-state index contributed by atoms with van der Waals surface area (Å²) >= 11 is 0. The van der Waals surface area contributed by atoms with Gasteiger partial charge in [-0.25, -0.2) is 4.98 Å². The molecule has 3 aromatic rings.